The molecule has 1 aromatic carbocycles. The number of benzene rings is 1. The third-order valence-electron chi connectivity index (χ3n) is 5.69. The zero-order valence-electron chi connectivity index (χ0n) is 22.5. The number of thioether (sulfide) groups is 1. The van der Waals surface area contributed by atoms with Crippen LogP contribution in [0, 0.1) is 0 Å². The first-order valence-electron chi connectivity index (χ1n) is 13.0. The second-order valence-corrected chi connectivity index (χ2v) is 14.9. The molecule has 8 heteroatoms. The van der Waals surface area contributed by atoms with Crippen molar-refractivity contribution in [3.05, 3.63) is 115 Å². The van der Waals surface area contributed by atoms with E-state index in [0.717, 1.165) is 41.1 Å². The van der Waals surface area contributed by atoms with Crippen LogP contribution in [0.1, 0.15) is 23.2 Å². The monoisotopic (exact) mass is 561 g/mol. The number of esters is 1. The van der Waals surface area contributed by atoms with E-state index in [1.54, 1.807) is 18.2 Å². The molecule has 0 atom stereocenters. The van der Waals surface area contributed by atoms with Crippen molar-refractivity contribution in [1.82, 2.24) is 0 Å². The third kappa shape index (κ3) is 10.6. The van der Waals surface area contributed by atoms with Gasteiger partial charge in [-0.15, -0.1) is 0 Å². The highest BCUT2D eigenvalue weighted by atomic mass is 32.2. The number of ether oxygens (including phenoxy) is 1. The number of hydrogen-bond donors (Lipinski definition) is 0. The van der Waals surface area contributed by atoms with Crippen LogP contribution >= 0.6 is 11.8 Å². The summed E-state index contributed by atoms with van der Waals surface area (Å²) >= 11 is 1.85. The first-order valence-corrected chi connectivity index (χ1v) is 17.3. The molecule has 1 aromatic rings. The van der Waals surface area contributed by atoms with Gasteiger partial charge in [-0.3, -0.25) is 9.59 Å². The second kappa shape index (κ2) is 15.7. The molecule has 0 bridgehead atoms. The molecule has 0 saturated heterocycles. The summed E-state index contributed by atoms with van der Waals surface area (Å²) in [5.74, 6) is 1.49. The summed E-state index contributed by atoms with van der Waals surface area (Å²) in [5.41, 5.74) is 0.670. The van der Waals surface area contributed by atoms with Crippen molar-refractivity contribution in [1.29, 1.82) is 0 Å². The molecule has 1 aliphatic heterocycles. The molecular weight excluding hydrogens is 526 g/mol. The Morgan fingerprint density at radius 1 is 0.846 bits per heavy atom. The largest absolute Gasteiger partial charge is 0.544 e. The molecule has 3 rings (SSSR count). The third-order valence-corrected chi connectivity index (χ3v) is 9.19. The maximum Gasteiger partial charge on any atom is 0.338 e. The van der Waals surface area contributed by atoms with Gasteiger partial charge in [-0.25, -0.2) is 9.69 Å². The van der Waals surface area contributed by atoms with E-state index in [9.17, 15) is 14.4 Å². The highest BCUT2D eigenvalue weighted by Gasteiger charge is 2.26. The Kier molecular flexibility index (Phi) is 12.1. The highest BCUT2D eigenvalue weighted by molar-refractivity contribution is 7.99. The predicted molar refractivity (Wildman–Crippen MR) is 162 cm³/mol. The molecular formula is C31H35NO5SSi. The molecule has 0 spiro atoms. The van der Waals surface area contributed by atoms with Gasteiger partial charge in [0.05, 0.1) is 17.9 Å². The number of hydrogen-bond acceptors (Lipinski definition) is 6. The van der Waals surface area contributed by atoms with Crippen molar-refractivity contribution in [2.24, 2.45) is 0 Å². The number of amides is 2. The topological polar surface area (TPSA) is 72.9 Å². The Morgan fingerprint density at radius 2 is 1.49 bits per heavy atom. The summed E-state index contributed by atoms with van der Waals surface area (Å²) in [6.07, 6.45) is 26.2. The number of anilines is 1. The van der Waals surface area contributed by atoms with Crippen molar-refractivity contribution < 1.29 is 23.5 Å². The van der Waals surface area contributed by atoms with Crippen LogP contribution in [-0.4, -0.2) is 44.2 Å². The molecule has 0 radical (unpaired) electrons. The molecule has 0 saturated carbocycles. The minimum atomic E-state index is -1.87. The van der Waals surface area contributed by atoms with Gasteiger partial charge in [-0.05, 0) is 73.8 Å². The molecule has 1 aliphatic carbocycles. The number of nitrogens with zero attached hydrogens (tertiary/aromatic N) is 1. The smallest absolute Gasteiger partial charge is 0.338 e. The van der Waals surface area contributed by atoms with E-state index in [1.807, 2.05) is 78.6 Å². The Labute approximate surface area is 236 Å². The van der Waals surface area contributed by atoms with Crippen molar-refractivity contribution in [2.45, 2.75) is 32.0 Å². The SMILES string of the molecule is C[Si](C)(CCCSCCCOC(=O)c1cccc(N2C(=O)C=CC2=O)c1)OC1=C/C=C\C=C/C=C\C=C/C=C\1. The zero-order valence-corrected chi connectivity index (χ0v) is 24.3. The predicted octanol–water partition coefficient (Wildman–Crippen LogP) is 6.69. The molecule has 0 unspecified atom stereocenters. The van der Waals surface area contributed by atoms with Crippen LogP contribution in [0.3, 0.4) is 0 Å². The van der Waals surface area contributed by atoms with Gasteiger partial charge in [0, 0.05) is 12.2 Å². The quantitative estimate of drug-likeness (QED) is 0.123. The Balaban J connectivity index is 1.33. The van der Waals surface area contributed by atoms with Crippen LogP contribution in [0.2, 0.25) is 19.1 Å². The summed E-state index contributed by atoms with van der Waals surface area (Å²) in [5, 5.41) is 0. The van der Waals surface area contributed by atoms with Crippen molar-refractivity contribution in [3.63, 3.8) is 0 Å². The van der Waals surface area contributed by atoms with E-state index in [4.69, 9.17) is 9.16 Å². The van der Waals surface area contributed by atoms with E-state index in [1.165, 1.54) is 18.2 Å². The van der Waals surface area contributed by atoms with Gasteiger partial charge >= 0.3 is 5.97 Å². The van der Waals surface area contributed by atoms with Crippen LogP contribution in [0.15, 0.2) is 109 Å². The molecule has 2 aliphatic rings. The van der Waals surface area contributed by atoms with Gasteiger partial charge in [0.15, 0.2) is 0 Å². The van der Waals surface area contributed by atoms with Crippen molar-refractivity contribution in [2.75, 3.05) is 23.0 Å². The van der Waals surface area contributed by atoms with Gasteiger partial charge in [-0.2, -0.15) is 11.8 Å². The number of allylic oxidation sites excluding steroid dienone is 11. The highest BCUT2D eigenvalue weighted by Crippen LogP contribution is 2.22. The summed E-state index contributed by atoms with van der Waals surface area (Å²) in [4.78, 5) is 37.2. The number of imide groups is 1. The molecule has 204 valence electrons. The Hall–Kier alpha value is -3.62. The van der Waals surface area contributed by atoms with E-state index in [-0.39, 0.29) is 0 Å². The fourth-order valence-corrected chi connectivity index (χ4v) is 6.82. The summed E-state index contributed by atoms with van der Waals surface area (Å²) in [7, 11) is -1.87. The summed E-state index contributed by atoms with van der Waals surface area (Å²) in [6, 6.07) is 7.42. The lowest BCUT2D eigenvalue weighted by molar-refractivity contribution is -0.120. The van der Waals surface area contributed by atoms with Gasteiger partial charge in [-0.1, -0.05) is 60.8 Å². The molecule has 0 N–H and O–H groups in total. The Bertz CT molecular complexity index is 1220. The van der Waals surface area contributed by atoms with Crippen LogP contribution in [0.4, 0.5) is 5.69 Å². The number of carbonyl (C=O) groups excluding carboxylic acids is 3. The molecule has 39 heavy (non-hydrogen) atoms. The minimum Gasteiger partial charge on any atom is -0.544 e. The lowest BCUT2D eigenvalue weighted by Gasteiger charge is -2.24. The first-order chi connectivity index (χ1) is 18.9. The van der Waals surface area contributed by atoms with Gasteiger partial charge in [0.2, 0.25) is 8.32 Å². The fraction of sp³-hybridized carbons (Fsp3) is 0.258. The minimum absolute atomic E-state index is 0.311. The molecule has 0 aromatic heterocycles. The molecule has 1 heterocycles. The summed E-state index contributed by atoms with van der Waals surface area (Å²) in [6.45, 7) is 4.80. The standard InChI is InChI=1S/C31H35NO5SSi/c1-39(2,37-28-17-10-8-6-4-3-5-7-9-11-18-28)24-14-23-38-22-13-21-36-31(35)26-15-12-16-27(25-26)32-29(33)19-20-30(32)34/h3-12,15-20,25H,13-14,21-24H2,1-2H3/b4-3-,5-3?,6-4?,7-5-,8-6-,9-7?,10-8?,11-9-,17-10-,18-11?,28-17?,28-18+. The number of carbonyl (C=O) groups is 3. The normalized spacial score (nSPS) is 20.8. The van der Waals surface area contributed by atoms with Gasteiger partial charge in [0.25, 0.3) is 11.8 Å². The lowest BCUT2D eigenvalue weighted by atomic mass is 10.2. The van der Waals surface area contributed by atoms with Crippen LogP contribution in [0.5, 0.6) is 0 Å². The lowest BCUT2D eigenvalue weighted by Crippen LogP contribution is -2.29. The summed E-state index contributed by atoms with van der Waals surface area (Å²) < 4.78 is 11.8. The fourth-order valence-electron chi connectivity index (χ4n) is 3.78. The van der Waals surface area contributed by atoms with Crippen LogP contribution in [0.25, 0.3) is 0 Å². The Morgan fingerprint density at radius 3 is 2.21 bits per heavy atom. The van der Waals surface area contributed by atoms with Crippen molar-refractivity contribution >= 4 is 43.6 Å². The first kappa shape index (κ1) is 29.9. The van der Waals surface area contributed by atoms with Crippen LogP contribution < -0.4 is 4.90 Å². The maximum atomic E-state index is 12.4. The second-order valence-electron chi connectivity index (χ2n) is 9.43. The molecule has 0 fully saturated rings. The number of rotatable bonds is 12. The van der Waals surface area contributed by atoms with Gasteiger partial charge < -0.3 is 9.16 Å². The van der Waals surface area contributed by atoms with Crippen molar-refractivity contribution in [3.8, 4) is 0 Å². The van der Waals surface area contributed by atoms with Crippen LogP contribution in [-0.2, 0) is 18.8 Å². The zero-order chi connectivity index (χ0) is 27.9. The van der Waals surface area contributed by atoms with E-state index < -0.39 is 26.1 Å². The van der Waals surface area contributed by atoms with E-state index in [2.05, 4.69) is 13.1 Å². The molecule has 6 nitrogen and oxygen atoms in total. The maximum absolute atomic E-state index is 12.4. The average Bonchev–Trinajstić information content (AvgIpc) is 3.24. The molecule has 2 amide bonds. The average molecular weight is 562 g/mol. The van der Waals surface area contributed by atoms with Gasteiger partial charge in [0.1, 0.15) is 5.76 Å². The van der Waals surface area contributed by atoms with E-state index >= 15 is 0 Å². The van der Waals surface area contributed by atoms with E-state index in [0.29, 0.717) is 17.9 Å².